The van der Waals surface area contributed by atoms with Crippen LogP contribution in [-0.4, -0.2) is 43.8 Å². The minimum absolute atomic E-state index is 0.532. The van der Waals surface area contributed by atoms with Crippen LogP contribution in [-0.2, 0) is 0 Å². The molecule has 0 amide bonds. The van der Waals surface area contributed by atoms with E-state index in [0.29, 0.717) is 11.8 Å². The zero-order valence-electron chi connectivity index (χ0n) is 19.6. The van der Waals surface area contributed by atoms with Gasteiger partial charge in [0.2, 0.25) is 0 Å². The van der Waals surface area contributed by atoms with E-state index in [-0.39, 0.29) is 0 Å². The molecule has 0 atom stereocenters. The van der Waals surface area contributed by atoms with Gasteiger partial charge in [0.15, 0.2) is 0 Å². The molecule has 5 rings (SSSR count). The Hall–Kier alpha value is -2.82. The Bertz CT molecular complexity index is 1090. The van der Waals surface area contributed by atoms with Crippen molar-refractivity contribution in [1.29, 1.82) is 0 Å². The van der Waals surface area contributed by atoms with Crippen molar-refractivity contribution in [3.8, 4) is 5.75 Å². The van der Waals surface area contributed by atoms with Crippen LogP contribution in [0.15, 0.2) is 42.5 Å². The lowest BCUT2D eigenvalue weighted by molar-refractivity contribution is 0.397. The molecule has 5 heteroatoms. The SMILES string of the molecule is CCCN(C)c1cccc2c(N3CCC(c4ccccc4OC)CC3)nc(C3CC3)nc12. The van der Waals surface area contributed by atoms with Gasteiger partial charge >= 0.3 is 0 Å². The first-order valence-corrected chi connectivity index (χ1v) is 12.1. The van der Waals surface area contributed by atoms with Crippen molar-refractivity contribution in [2.75, 3.05) is 43.6 Å². The molecule has 1 aromatic heterocycles. The summed E-state index contributed by atoms with van der Waals surface area (Å²) in [4.78, 5) is 15.0. The van der Waals surface area contributed by atoms with Crippen molar-refractivity contribution >= 4 is 22.4 Å². The molecule has 168 valence electrons. The minimum Gasteiger partial charge on any atom is -0.496 e. The summed E-state index contributed by atoms with van der Waals surface area (Å²) < 4.78 is 5.63. The van der Waals surface area contributed by atoms with E-state index in [4.69, 9.17) is 14.7 Å². The zero-order valence-corrected chi connectivity index (χ0v) is 19.6. The van der Waals surface area contributed by atoms with Crippen molar-refractivity contribution in [1.82, 2.24) is 9.97 Å². The number of hydrogen-bond acceptors (Lipinski definition) is 5. The summed E-state index contributed by atoms with van der Waals surface area (Å²) in [7, 11) is 3.95. The van der Waals surface area contributed by atoms with Gasteiger partial charge in [-0.25, -0.2) is 9.97 Å². The summed E-state index contributed by atoms with van der Waals surface area (Å²) in [6, 6.07) is 15.1. The second-order valence-corrected chi connectivity index (χ2v) is 9.28. The maximum absolute atomic E-state index is 5.63. The third-order valence-electron chi connectivity index (χ3n) is 6.99. The van der Waals surface area contributed by atoms with Gasteiger partial charge in [0.05, 0.1) is 18.3 Å². The Labute approximate surface area is 191 Å². The zero-order chi connectivity index (χ0) is 22.1. The summed E-state index contributed by atoms with van der Waals surface area (Å²) in [6.45, 7) is 5.27. The highest BCUT2D eigenvalue weighted by atomic mass is 16.5. The number of nitrogens with zero attached hydrogens (tertiary/aromatic N) is 4. The van der Waals surface area contributed by atoms with Gasteiger partial charge in [0.1, 0.15) is 17.4 Å². The molecule has 1 saturated carbocycles. The van der Waals surface area contributed by atoms with Crippen molar-refractivity contribution in [2.45, 2.75) is 50.9 Å². The molecule has 0 spiro atoms. The van der Waals surface area contributed by atoms with E-state index in [1.54, 1.807) is 7.11 Å². The number of ether oxygens (including phenoxy) is 1. The van der Waals surface area contributed by atoms with Crippen LogP contribution >= 0.6 is 0 Å². The molecule has 1 aliphatic carbocycles. The van der Waals surface area contributed by atoms with Crippen LogP contribution in [0.25, 0.3) is 10.9 Å². The van der Waals surface area contributed by atoms with Gasteiger partial charge in [-0.2, -0.15) is 0 Å². The first kappa shape index (κ1) is 21.0. The Morgan fingerprint density at radius 3 is 2.47 bits per heavy atom. The number of anilines is 2. The number of benzene rings is 2. The number of methoxy groups -OCH3 is 1. The van der Waals surface area contributed by atoms with Gasteiger partial charge < -0.3 is 14.5 Å². The standard InChI is InChI=1S/C27H34N4O/c1-4-16-30(2)23-10-7-9-22-25(23)28-26(20-12-13-20)29-27(22)31-17-14-19(15-18-31)21-8-5-6-11-24(21)32-3/h5-11,19-20H,4,12-18H2,1-3H3. The Balaban J connectivity index is 1.47. The summed E-state index contributed by atoms with van der Waals surface area (Å²) in [6.07, 6.45) is 5.78. The Kier molecular flexibility index (Phi) is 5.90. The summed E-state index contributed by atoms with van der Waals surface area (Å²) in [5.41, 5.74) is 3.67. The van der Waals surface area contributed by atoms with E-state index in [1.165, 1.54) is 29.5 Å². The highest BCUT2D eigenvalue weighted by Crippen LogP contribution is 2.42. The van der Waals surface area contributed by atoms with Crippen LogP contribution in [0, 0.1) is 0 Å². The van der Waals surface area contributed by atoms with Crippen molar-refractivity contribution in [3.05, 3.63) is 53.9 Å². The van der Waals surface area contributed by atoms with Gasteiger partial charge in [-0.05, 0) is 61.8 Å². The first-order valence-electron chi connectivity index (χ1n) is 12.1. The highest BCUT2D eigenvalue weighted by Gasteiger charge is 2.30. The molecule has 0 N–H and O–H groups in total. The van der Waals surface area contributed by atoms with Gasteiger partial charge in [0.25, 0.3) is 0 Å². The van der Waals surface area contributed by atoms with Gasteiger partial charge in [0, 0.05) is 38.0 Å². The molecule has 0 radical (unpaired) electrons. The van der Waals surface area contributed by atoms with Crippen LogP contribution in [0.4, 0.5) is 11.5 Å². The monoisotopic (exact) mass is 430 g/mol. The predicted octanol–water partition coefficient (Wildman–Crippen LogP) is 5.75. The molecule has 2 fully saturated rings. The lowest BCUT2D eigenvalue weighted by Crippen LogP contribution is -2.34. The number of piperidine rings is 1. The van der Waals surface area contributed by atoms with Crippen molar-refractivity contribution < 1.29 is 4.74 Å². The molecule has 0 bridgehead atoms. The fourth-order valence-electron chi connectivity index (χ4n) is 5.07. The van der Waals surface area contributed by atoms with Crippen LogP contribution < -0.4 is 14.5 Å². The van der Waals surface area contributed by atoms with Crippen LogP contribution in [0.5, 0.6) is 5.75 Å². The van der Waals surface area contributed by atoms with Crippen molar-refractivity contribution in [3.63, 3.8) is 0 Å². The highest BCUT2D eigenvalue weighted by molar-refractivity contribution is 5.97. The van der Waals surface area contributed by atoms with E-state index in [0.717, 1.165) is 61.8 Å². The average molecular weight is 431 g/mol. The van der Waals surface area contributed by atoms with Gasteiger partial charge in [-0.1, -0.05) is 31.2 Å². The first-order chi connectivity index (χ1) is 15.7. The van der Waals surface area contributed by atoms with E-state index < -0.39 is 0 Å². The van der Waals surface area contributed by atoms with Crippen LogP contribution in [0.2, 0.25) is 0 Å². The molecule has 2 heterocycles. The van der Waals surface area contributed by atoms with Crippen LogP contribution in [0.1, 0.15) is 62.3 Å². The molecule has 3 aromatic rings. The number of fused-ring (bicyclic) bond motifs is 1. The normalized spacial score (nSPS) is 17.0. The van der Waals surface area contributed by atoms with Gasteiger partial charge in [-0.15, -0.1) is 0 Å². The van der Waals surface area contributed by atoms with Crippen LogP contribution in [0.3, 0.4) is 0 Å². The third-order valence-corrected chi connectivity index (χ3v) is 6.99. The predicted molar refractivity (Wildman–Crippen MR) is 132 cm³/mol. The minimum atomic E-state index is 0.532. The number of para-hydroxylation sites is 2. The van der Waals surface area contributed by atoms with E-state index in [2.05, 4.69) is 66.2 Å². The lowest BCUT2D eigenvalue weighted by atomic mass is 9.88. The summed E-state index contributed by atoms with van der Waals surface area (Å²) >= 11 is 0. The second kappa shape index (κ2) is 8.97. The molecular weight excluding hydrogens is 396 g/mol. The number of rotatable bonds is 7. The molecule has 1 saturated heterocycles. The maximum Gasteiger partial charge on any atom is 0.140 e. The summed E-state index contributed by atoms with van der Waals surface area (Å²) in [5.74, 6) is 4.25. The van der Waals surface area contributed by atoms with Gasteiger partial charge in [-0.3, -0.25) is 0 Å². The summed E-state index contributed by atoms with van der Waals surface area (Å²) in [5, 5.41) is 1.19. The molecule has 2 aliphatic rings. The van der Waals surface area contributed by atoms with E-state index in [1.807, 2.05) is 0 Å². The molecule has 32 heavy (non-hydrogen) atoms. The molecule has 5 nitrogen and oxygen atoms in total. The molecular formula is C27H34N4O. The number of hydrogen-bond donors (Lipinski definition) is 0. The van der Waals surface area contributed by atoms with E-state index in [9.17, 15) is 0 Å². The Morgan fingerprint density at radius 2 is 1.75 bits per heavy atom. The third kappa shape index (κ3) is 4.01. The number of aromatic nitrogens is 2. The van der Waals surface area contributed by atoms with Crippen molar-refractivity contribution in [2.24, 2.45) is 0 Å². The quantitative estimate of drug-likeness (QED) is 0.478. The average Bonchev–Trinajstić information content (AvgIpc) is 3.69. The topological polar surface area (TPSA) is 41.5 Å². The fourth-order valence-corrected chi connectivity index (χ4v) is 5.07. The molecule has 1 aliphatic heterocycles. The lowest BCUT2D eigenvalue weighted by Gasteiger charge is -2.34. The molecule has 2 aromatic carbocycles. The smallest absolute Gasteiger partial charge is 0.140 e. The van der Waals surface area contributed by atoms with E-state index >= 15 is 0 Å². The fraction of sp³-hybridized carbons (Fsp3) is 0.481. The largest absolute Gasteiger partial charge is 0.496 e. The maximum atomic E-state index is 5.63. The Morgan fingerprint density at radius 1 is 0.969 bits per heavy atom. The second-order valence-electron chi connectivity index (χ2n) is 9.28. The molecule has 0 unspecified atom stereocenters.